The van der Waals surface area contributed by atoms with E-state index in [-0.39, 0.29) is 18.2 Å². The predicted octanol–water partition coefficient (Wildman–Crippen LogP) is 0.570. The van der Waals surface area contributed by atoms with E-state index < -0.39 is 11.1 Å². The molecule has 0 aliphatic carbocycles. The summed E-state index contributed by atoms with van der Waals surface area (Å²) >= 11 is -1.76. The molecule has 15 heavy (non-hydrogen) atoms. The molecule has 1 aromatic rings. The highest BCUT2D eigenvalue weighted by atomic mass is 32.2. The Bertz CT molecular complexity index is 341. The highest BCUT2D eigenvalue weighted by Crippen LogP contribution is 1.97. The third-order valence-corrected chi connectivity index (χ3v) is 2.38. The molecule has 0 spiro atoms. The first-order chi connectivity index (χ1) is 7.24. The summed E-state index contributed by atoms with van der Waals surface area (Å²) in [6, 6.07) is 8.67. The second kappa shape index (κ2) is 6.28. The number of hydrogen-bond donors (Lipinski definition) is 2. The number of nitrogens with one attached hydrogen (secondary N) is 1. The van der Waals surface area contributed by atoms with E-state index in [0.717, 1.165) is 0 Å². The van der Waals surface area contributed by atoms with Gasteiger partial charge < -0.3 is 5.32 Å². The molecular weight excluding hydrogens is 218 g/mol. The van der Waals surface area contributed by atoms with Gasteiger partial charge in [0.15, 0.2) is 11.1 Å². The molecule has 1 amide bonds. The minimum atomic E-state index is -1.76. The van der Waals surface area contributed by atoms with Gasteiger partial charge in [0.1, 0.15) is 0 Å². The molecule has 1 unspecified atom stereocenters. The van der Waals surface area contributed by atoms with Gasteiger partial charge in [0.25, 0.3) is 5.91 Å². The predicted molar refractivity (Wildman–Crippen MR) is 55.5 cm³/mol. The van der Waals surface area contributed by atoms with E-state index >= 15 is 0 Å². The maximum absolute atomic E-state index is 11.4. The molecule has 1 aromatic carbocycles. The molecule has 2 N–H and O–H groups in total. The van der Waals surface area contributed by atoms with Gasteiger partial charge in [0.2, 0.25) is 0 Å². The van der Waals surface area contributed by atoms with Crippen LogP contribution < -0.4 is 5.32 Å². The van der Waals surface area contributed by atoms with Crippen molar-refractivity contribution in [3.05, 3.63) is 35.9 Å². The molecule has 0 heterocycles. The summed E-state index contributed by atoms with van der Waals surface area (Å²) in [5.74, 6) is -0.194. The summed E-state index contributed by atoms with van der Waals surface area (Å²) < 4.78 is 14.2. The van der Waals surface area contributed by atoms with Crippen LogP contribution in [0.3, 0.4) is 0 Å². The Morgan fingerprint density at radius 2 is 2.07 bits per heavy atom. The molecule has 0 radical (unpaired) electrons. The van der Waals surface area contributed by atoms with Crippen molar-refractivity contribution in [3.8, 4) is 0 Å². The smallest absolute Gasteiger partial charge is 0.251 e. The topological polar surface area (TPSA) is 75.6 Å². The van der Waals surface area contributed by atoms with E-state index in [1.165, 1.54) is 0 Å². The minimum absolute atomic E-state index is 0.0507. The zero-order valence-electron chi connectivity index (χ0n) is 7.88. The first-order valence-corrected chi connectivity index (χ1v) is 5.52. The van der Waals surface area contributed by atoms with Gasteiger partial charge >= 0.3 is 0 Å². The molecule has 0 saturated carbocycles. The van der Waals surface area contributed by atoms with Crippen LogP contribution in [0.1, 0.15) is 10.4 Å². The minimum Gasteiger partial charge on any atom is -0.351 e. The number of benzene rings is 1. The Balaban J connectivity index is 2.34. The molecule has 0 saturated heterocycles. The van der Waals surface area contributed by atoms with E-state index in [4.69, 9.17) is 5.26 Å². The van der Waals surface area contributed by atoms with Crippen LogP contribution in [-0.2, 0) is 15.4 Å². The second-order valence-electron chi connectivity index (χ2n) is 2.70. The van der Waals surface area contributed by atoms with Crippen LogP contribution in [0, 0.1) is 0 Å². The molecule has 0 aliphatic rings. The average molecular weight is 229 g/mol. The van der Waals surface area contributed by atoms with Crippen molar-refractivity contribution in [2.45, 2.75) is 0 Å². The SMILES string of the molecule is O=C(NCCS(=O)OO)c1ccccc1. The lowest BCUT2D eigenvalue weighted by Crippen LogP contribution is -2.27. The van der Waals surface area contributed by atoms with Crippen molar-refractivity contribution in [2.75, 3.05) is 12.3 Å². The number of amides is 1. The van der Waals surface area contributed by atoms with Crippen molar-refractivity contribution in [1.82, 2.24) is 5.32 Å². The number of carbonyl (C=O) groups excluding carboxylic acids is 1. The van der Waals surface area contributed by atoms with Crippen molar-refractivity contribution < 1.29 is 18.6 Å². The Morgan fingerprint density at radius 3 is 2.67 bits per heavy atom. The summed E-state index contributed by atoms with van der Waals surface area (Å²) in [6.07, 6.45) is 0. The Morgan fingerprint density at radius 1 is 1.40 bits per heavy atom. The zero-order valence-corrected chi connectivity index (χ0v) is 8.70. The third-order valence-electron chi connectivity index (χ3n) is 1.67. The van der Waals surface area contributed by atoms with Gasteiger partial charge in [-0.1, -0.05) is 18.2 Å². The molecule has 0 aliphatic heterocycles. The standard InChI is InChI=1S/C9H11NO4S/c11-9(8-4-2-1-3-5-8)10-6-7-15(13)14-12/h1-5,12H,6-7H2,(H,10,11). The fraction of sp³-hybridized carbons (Fsp3) is 0.222. The van der Waals surface area contributed by atoms with Gasteiger partial charge in [-0.3, -0.25) is 4.79 Å². The van der Waals surface area contributed by atoms with Crippen LogP contribution in [0.4, 0.5) is 0 Å². The molecule has 6 heteroatoms. The molecule has 0 fully saturated rings. The Kier molecular flexibility index (Phi) is 4.96. The lowest BCUT2D eigenvalue weighted by atomic mass is 10.2. The number of carbonyl (C=O) groups is 1. The average Bonchev–Trinajstić information content (AvgIpc) is 2.29. The highest BCUT2D eigenvalue weighted by molar-refractivity contribution is 7.80. The van der Waals surface area contributed by atoms with E-state index in [1.54, 1.807) is 24.3 Å². The van der Waals surface area contributed by atoms with Crippen LogP contribution in [0.2, 0.25) is 0 Å². The van der Waals surface area contributed by atoms with Gasteiger partial charge in [-0.15, -0.1) is 4.33 Å². The summed E-state index contributed by atoms with van der Waals surface area (Å²) in [5, 5.41) is 10.5. The maximum atomic E-state index is 11.4. The van der Waals surface area contributed by atoms with Gasteiger partial charge in [0, 0.05) is 12.1 Å². The molecule has 1 atom stereocenters. The lowest BCUT2D eigenvalue weighted by molar-refractivity contribution is -0.124. The van der Waals surface area contributed by atoms with Gasteiger partial charge in [-0.2, -0.15) is 0 Å². The molecule has 0 aromatic heterocycles. The quantitative estimate of drug-likeness (QED) is 0.571. The molecule has 82 valence electrons. The van der Waals surface area contributed by atoms with Crippen molar-refractivity contribution in [3.63, 3.8) is 0 Å². The van der Waals surface area contributed by atoms with Gasteiger partial charge in [-0.25, -0.2) is 9.47 Å². The van der Waals surface area contributed by atoms with Crippen molar-refractivity contribution >= 4 is 17.0 Å². The number of rotatable bonds is 5. The zero-order chi connectivity index (χ0) is 11.1. The molecule has 0 bridgehead atoms. The molecule has 5 nitrogen and oxygen atoms in total. The van der Waals surface area contributed by atoms with Crippen molar-refractivity contribution in [2.24, 2.45) is 0 Å². The lowest BCUT2D eigenvalue weighted by Gasteiger charge is -2.03. The first kappa shape index (κ1) is 11.8. The summed E-state index contributed by atoms with van der Waals surface area (Å²) in [5.41, 5.74) is 0.535. The summed E-state index contributed by atoms with van der Waals surface area (Å²) in [7, 11) is 0. The highest BCUT2D eigenvalue weighted by Gasteiger charge is 2.04. The van der Waals surface area contributed by atoms with Crippen LogP contribution >= 0.6 is 0 Å². The largest absolute Gasteiger partial charge is 0.351 e. The van der Waals surface area contributed by atoms with Crippen LogP contribution in [0.25, 0.3) is 0 Å². The van der Waals surface area contributed by atoms with Gasteiger partial charge in [0.05, 0.1) is 5.75 Å². The van der Waals surface area contributed by atoms with Crippen molar-refractivity contribution in [1.29, 1.82) is 0 Å². The van der Waals surface area contributed by atoms with Crippen LogP contribution in [-0.4, -0.2) is 27.7 Å². The summed E-state index contributed by atoms with van der Waals surface area (Å²) in [6.45, 7) is 0.181. The molecule has 1 rings (SSSR count). The molecular formula is C9H11NO4S. The Labute approximate surface area is 89.7 Å². The Hall–Kier alpha value is -1.24. The monoisotopic (exact) mass is 229 g/mol. The van der Waals surface area contributed by atoms with E-state index in [1.807, 2.05) is 6.07 Å². The van der Waals surface area contributed by atoms with Crippen LogP contribution in [0.15, 0.2) is 30.3 Å². The van der Waals surface area contributed by atoms with Crippen LogP contribution in [0.5, 0.6) is 0 Å². The third kappa shape index (κ3) is 4.20. The normalized spacial score (nSPS) is 12.1. The van der Waals surface area contributed by atoms with Gasteiger partial charge in [-0.05, 0) is 12.1 Å². The van der Waals surface area contributed by atoms with E-state index in [2.05, 4.69) is 9.65 Å². The second-order valence-corrected chi connectivity index (χ2v) is 3.87. The fourth-order valence-electron chi connectivity index (χ4n) is 0.977. The van der Waals surface area contributed by atoms with E-state index in [0.29, 0.717) is 5.56 Å². The first-order valence-electron chi connectivity index (χ1n) is 4.27. The number of hydrogen-bond acceptors (Lipinski definition) is 4. The summed E-state index contributed by atoms with van der Waals surface area (Å²) in [4.78, 5) is 11.4. The van der Waals surface area contributed by atoms with E-state index in [9.17, 15) is 9.00 Å². The maximum Gasteiger partial charge on any atom is 0.251 e. The fourth-order valence-corrected chi connectivity index (χ4v) is 1.32.